The Morgan fingerprint density at radius 2 is 1.87 bits per heavy atom. The zero-order valence-electron chi connectivity index (χ0n) is 12.9. The number of para-hydroxylation sites is 1. The highest BCUT2D eigenvalue weighted by Gasteiger charge is 2.23. The fourth-order valence-electron chi connectivity index (χ4n) is 3.68. The third-order valence-corrected chi connectivity index (χ3v) is 4.72. The molecule has 0 fully saturated rings. The highest BCUT2D eigenvalue weighted by molar-refractivity contribution is 5.93. The van der Waals surface area contributed by atoms with E-state index in [1.807, 2.05) is 0 Å². The largest absolute Gasteiger partial charge is 0.340 e. The standard InChI is InChI=1S/C19H19N3O/c20-21-18(23)11-12-22-17-8-4-3-7-15(17)16-10-9-13-5-1-2-6-14(13)19(16)22/h1-8H,9-12,20H2,(H,21,23). The molecular weight excluding hydrogens is 286 g/mol. The Kier molecular flexibility index (Phi) is 3.39. The Balaban J connectivity index is 1.93. The van der Waals surface area contributed by atoms with Gasteiger partial charge < -0.3 is 4.57 Å². The van der Waals surface area contributed by atoms with Crippen LogP contribution in [0.2, 0.25) is 0 Å². The first-order valence-corrected chi connectivity index (χ1v) is 7.97. The molecule has 0 saturated carbocycles. The van der Waals surface area contributed by atoms with E-state index in [0.29, 0.717) is 13.0 Å². The second kappa shape index (κ2) is 5.56. The van der Waals surface area contributed by atoms with Crippen molar-refractivity contribution in [2.75, 3.05) is 0 Å². The molecule has 4 rings (SSSR count). The number of nitrogens with two attached hydrogens (primary N) is 1. The van der Waals surface area contributed by atoms with Crippen LogP contribution in [0, 0.1) is 0 Å². The van der Waals surface area contributed by atoms with Crippen LogP contribution in [0.1, 0.15) is 17.5 Å². The molecule has 3 aromatic rings. The summed E-state index contributed by atoms with van der Waals surface area (Å²) in [6.45, 7) is 0.632. The molecule has 0 unspecified atom stereocenters. The van der Waals surface area contributed by atoms with E-state index in [9.17, 15) is 4.79 Å². The fraction of sp³-hybridized carbons (Fsp3) is 0.211. The first-order chi connectivity index (χ1) is 11.3. The van der Waals surface area contributed by atoms with E-state index < -0.39 is 0 Å². The summed E-state index contributed by atoms with van der Waals surface area (Å²) in [6, 6.07) is 17.0. The number of aromatic nitrogens is 1. The lowest BCUT2D eigenvalue weighted by Crippen LogP contribution is -2.30. The molecule has 0 atom stereocenters. The summed E-state index contributed by atoms with van der Waals surface area (Å²) >= 11 is 0. The number of hydrogen-bond donors (Lipinski definition) is 2. The highest BCUT2D eigenvalue weighted by Crippen LogP contribution is 2.40. The molecule has 1 aliphatic carbocycles. The zero-order chi connectivity index (χ0) is 15.8. The van der Waals surface area contributed by atoms with Gasteiger partial charge >= 0.3 is 0 Å². The second-order valence-corrected chi connectivity index (χ2v) is 5.97. The lowest BCUT2D eigenvalue weighted by molar-refractivity contribution is -0.121. The first kappa shape index (κ1) is 14.0. The summed E-state index contributed by atoms with van der Waals surface area (Å²) in [5.74, 6) is 5.09. The summed E-state index contributed by atoms with van der Waals surface area (Å²) in [7, 11) is 0. The Morgan fingerprint density at radius 1 is 1.09 bits per heavy atom. The number of hydrazine groups is 1. The number of amides is 1. The van der Waals surface area contributed by atoms with E-state index in [0.717, 1.165) is 12.8 Å². The minimum atomic E-state index is -0.138. The SMILES string of the molecule is NNC(=O)CCn1c2c(c3ccccc31)CCc1ccccc1-2. The number of benzene rings is 2. The number of carbonyl (C=O) groups is 1. The molecule has 1 aromatic heterocycles. The van der Waals surface area contributed by atoms with Crippen molar-refractivity contribution in [2.45, 2.75) is 25.8 Å². The molecule has 1 amide bonds. The van der Waals surface area contributed by atoms with Gasteiger partial charge in [0, 0.05) is 29.4 Å². The zero-order valence-corrected chi connectivity index (χ0v) is 12.9. The summed E-state index contributed by atoms with van der Waals surface area (Å²) < 4.78 is 2.28. The Morgan fingerprint density at radius 3 is 2.74 bits per heavy atom. The van der Waals surface area contributed by atoms with Crippen molar-refractivity contribution >= 4 is 16.8 Å². The predicted molar refractivity (Wildman–Crippen MR) is 91.7 cm³/mol. The molecule has 23 heavy (non-hydrogen) atoms. The van der Waals surface area contributed by atoms with Crippen molar-refractivity contribution in [3.05, 3.63) is 59.7 Å². The van der Waals surface area contributed by atoms with Gasteiger partial charge in [0.1, 0.15) is 0 Å². The van der Waals surface area contributed by atoms with Crippen LogP contribution in [0.15, 0.2) is 48.5 Å². The number of rotatable bonds is 3. The van der Waals surface area contributed by atoms with E-state index in [2.05, 4.69) is 58.5 Å². The molecule has 4 heteroatoms. The lowest BCUT2D eigenvalue weighted by atomic mass is 9.89. The maximum atomic E-state index is 11.6. The molecule has 0 radical (unpaired) electrons. The van der Waals surface area contributed by atoms with E-state index in [1.165, 1.54) is 33.3 Å². The molecule has 0 bridgehead atoms. The van der Waals surface area contributed by atoms with Gasteiger partial charge in [0.2, 0.25) is 5.91 Å². The number of fused-ring (bicyclic) bond motifs is 5. The molecule has 116 valence electrons. The minimum absolute atomic E-state index is 0.138. The molecule has 1 aliphatic rings. The molecule has 4 nitrogen and oxygen atoms in total. The van der Waals surface area contributed by atoms with Crippen LogP contribution in [0.5, 0.6) is 0 Å². The third-order valence-electron chi connectivity index (χ3n) is 4.72. The Labute approximate surface area is 134 Å². The maximum Gasteiger partial charge on any atom is 0.235 e. The van der Waals surface area contributed by atoms with Crippen LogP contribution in [0.4, 0.5) is 0 Å². The molecule has 1 heterocycles. The van der Waals surface area contributed by atoms with Gasteiger partial charge in [-0.05, 0) is 30.0 Å². The van der Waals surface area contributed by atoms with Crippen molar-refractivity contribution in [1.82, 2.24) is 9.99 Å². The van der Waals surface area contributed by atoms with Gasteiger partial charge in [-0.25, -0.2) is 5.84 Å². The summed E-state index contributed by atoms with van der Waals surface area (Å²) in [5, 5.41) is 1.30. The van der Waals surface area contributed by atoms with Gasteiger partial charge in [0.15, 0.2) is 0 Å². The third kappa shape index (κ3) is 2.23. The van der Waals surface area contributed by atoms with Gasteiger partial charge in [0.05, 0.1) is 5.69 Å². The molecular formula is C19H19N3O. The molecule has 0 spiro atoms. The maximum absolute atomic E-state index is 11.6. The van der Waals surface area contributed by atoms with Crippen molar-refractivity contribution in [3.8, 4) is 11.3 Å². The van der Waals surface area contributed by atoms with Gasteiger partial charge in [-0.1, -0.05) is 42.5 Å². The van der Waals surface area contributed by atoms with Crippen LogP contribution in [-0.2, 0) is 24.2 Å². The summed E-state index contributed by atoms with van der Waals surface area (Å²) in [5.41, 5.74) is 8.75. The topological polar surface area (TPSA) is 60.0 Å². The van der Waals surface area contributed by atoms with E-state index >= 15 is 0 Å². The van der Waals surface area contributed by atoms with Gasteiger partial charge in [-0.15, -0.1) is 0 Å². The van der Waals surface area contributed by atoms with E-state index in [-0.39, 0.29) is 5.91 Å². The number of carbonyl (C=O) groups excluding carboxylic acids is 1. The van der Waals surface area contributed by atoms with Crippen LogP contribution >= 0.6 is 0 Å². The quantitative estimate of drug-likeness (QED) is 0.444. The minimum Gasteiger partial charge on any atom is -0.340 e. The van der Waals surface area contributed by atoms with Crippen LogP contribution in [0.3, 0.4) is 0 Å². The Hall–Kier alpha value is -2.59. The number of aryl methyl sites for hydroxylation is 3. The smallest absolute Gasteiger partial charge is 0.235 e. The van der Waals surface area contributed by atoms with Crippen molar-refractivity contribution < 1.29 is 4.79 Å². The van der Waals surface area contributed by atoms with Crippen LogP contribution < -0.4 is 11.3 Å². The van der Waals surface area contributed by atoms with Gasteiger partial charge in [0.25, 0.3) is 0 Å². The fourth-order valence-corrected chi connectivity index (χ4v) is 3.68. The van der Waals surface area contributed by atoms with Crippen molar-refractivity contribution in [1.29, 1.82) is 0 Å². The first-order valence-electron chi connectivity index (χ1n) is 7.97. The predicted octanol–water partition coefficient (Wildman–Crippen LogP) is 2.79. The van der Waals surface area contributed by atoms with Crippen molar-refractivity contribution in [2.24, 2.45) is 5.84 Å². The molecule has 3 N–H and O–H groups in total. The number of hydrogen-bond acceptors (Lipinski definition) is 2. The second-order valence-electron chi connectivity index (χ2n) is 5.97. The van der Waals surface area contributed by atoms with E-state index in [1.54, 1.807) is 0 Å². The highest BCUT2D eigenvalue weighted by atomic mass is 16.2. The molecule has 2 aromatic carbocycles. The summed E-state index contributed by atoms with van der Waals surface area (Å²) in [6.07, 6.45) is 2.49. The number of nitrogens with zero attached hydrogens (tertiary/aromatic N) is 1. The van der Waals surface area contributed by atoms with Crippen LogP contribution in [0.25, 0.3) is 22.2 Å². The lowest BCUT2D eigenvalue weighted by Gasteiger charge is -2.19. The van der Waals surface area contributed by atoms with Crippen molar-refractivity contribution in [3.63, 3.8) is 0 Å². The summed E-state index contributed by atoms with van der Waals surface area (Å²) in [4.78, 5) is 11.6. The molecule has 0 aliphatic heterocycles. The van der Waals surface area contributed by atoms with Gasteiger partial charge in [-0.3, -0.25) is 10.2 Å². The Bertz CT molecular complexity index is 895. The van der Waals surface area contributed by atoms with Gasteiger partial charge in [-0.2, -0.15) is 0 Å². The average Bonchev–Trinajstić information content (AvgIpc) is 2.94. The average molecular weight is 305 g/mol. The van der Waals surface area contributed by atoms with E-state index in [4.69, 9.17) is 5.84 Å². The van der Waals surface area contributed by atoms with Crippen LogP contribution in [-0.4, -0.2) is 10.5 Å². The normalized spacial score (nSPS) is 12.7. The number of nitrogens with one attached hydrogen (secondary N) is 1. The monoisotopic (exact) mass is 305 g/mol. The molecule has 0 saturated heterocycles.